The molecule has 1 amide bonds. The first-order valence-electron chi connectivity index (χ1n) is 7.32. The van der Waals surface area contributed by atoms with E-state index in [0.29, 0.717) is 28.2 Å². The van der Waals surface area contributed by atoms with Crippen LogP contribution in [0.1, 0.15) is 28.2 Å². The fourth-order valence-corrected chi connectivity index (χ4v) is 3.70. The van der Waals surface area contributed by atoms with E-state index in [2.05, 4.69) is 14.5 Å². The maximum atomic E-state index is 12.8. The van der Waals surface area contributed by atoms with Crippen molar-refractivity contribution in [1.29, 1.82) is 0 Å². The lowest BCUT2D eigenvalue weighted by Crippen LogP contribution is -2.45. The van der Waals surface area contributed by atoms with E-state index in [0.717, 1.165) is 29.5 Å². The van der Waals surface area contributed by atoms with Gasteiger partial charge >= 0.3 is 0 Å². The number of nitrogens with zero attached hydrogens (tertiary/aromatic N) is 4. The van der Waals surface area contributed by atoms with Crippen LogP contribution in [0.3, 0.4) is 0 Å². The lowest BCUT2D eigenvalue weighted by molar-refractivity contribution is 0.0989. The third kappa shape index (κ3) is 2.27. The van der Waals surface area contributed by atoms with Crippen molar-refractivity contribution in [2.45, 2.75) is 25.8 Å². The summed E-state index contributed by atoms with van der Waals surface area (Å²) in [5.74, 6) is -0.0357. The van der Waals surface area contributed by atoms with Crippen LogP contribution in [-0.4, -0.2) is 34.6 Å². The van der Waals surface area contributed by atoms with E-state index in [1.54, 1.807) is 0 Å². The van der Waals surface area contributed by atoms with Crippen molar-refractivity contribution in [2.75, 3.05) is 22.9 Å². The molecular weight excluding hydrogens is 320 g/mol. The molecule has 0 atom stereocenters. The number of halogens is 1. The predicted molar refractivity (Wildman–Crippen MR) is 88.1 cm³/mol. The molecule has 7 heteroatoms. The number of carbonyl (C=O) groups excluding carboxylic acids is 1. The summed E-state index contributed by atoms with van der Waals surface area (Å²) in [6.45, 7) is 3.34. The van der Waals surface area contributed by atoms with E-state index in [1.807, 2.05) is 30.0 Å². The highest BCUT2D eigenvalue weighted by atomic mass is 35.5. The maximum Gasteiger partial charge on any atom is 0.272 e. The molecule has 1 aromatic carbocycles. The number of carbonyl (C=O) groups is 1. The van der Waals surface area contributed by atoms with Crippen LogP contribution in [0, 0.1) is 6.92 Å². The van der Waals surface area contributed by atoms with Gasteiger partial charge in [-0.2, -0.15) is 0 Å². The number of benzene rings is 1. The van der Waals surface area contributed by atoms with Crippen LogP contribution < -0.4 is 9.80 Å². The number of rotatable bonds is 2. The zero-order chi connectivity index (χ0) is 15.3. The van der Waals surface area contributed by atoms with Gasteiger partial charge in [-0.25, -0.2) is 0 Å². The van der Waals surface area contributed by atoms with Gasteiger partial charge in [0.2, 0.25) is 0 Å². The minimum absolute atomic E-state index is 0.0357. The zero-order valence-corrected chi connectivity index (χ0v) is 13.7. The van der Waals surface area contributed by atoms with Crippen LogP contribution in [0.25, 0.3) is 0 Å². The number of aromatic nitrogens is 2. The van der Waals surface area contributed by atoms with Crippen LogP contribution in [0.4, 0.5) is 11.4 Å². The first-order chi connectivity index (χ1) is 10.6. The van der Waals surface area contributed by atoms with Gasteiger partial charge in [0.25, 0.3) is 5.91 Å². The Kier molecular flexibility index (Phi) is 3.31. The fraction of sp³-hybridized carbons (Fsp3) is 0.400. The zero-order valence-electron chi connectivity index (χ0n) is 12.1. The number of hydrogen-bond donors (Lipinski definition) is 0. The lowest BCUT2D eigenvalue weighted by atomic mass is 10.1. The van der Waals surface area contributed by atoms with E-state index < -0.39 is 0 Å². The summed E-state index contributed by atoms with van der Waals surface area (Å²) in [4.78, 5) is 17.6. The Hall–Kier alpha value is -1.66. The van der Waals surface area contributed by atoms with Crippen LogP contribution in [0.15, 0.2) is 18.2 Å². The molecule has 114 valence electrons. The molecule has 2 aliphatic rings. The molecule has 1 aliphatic heterocycles. The predicted octanol–water partition coefficient (Wildman–Crippen LogP) is 3.13. The number of aryl methyl sites for hydroxylation is 1. The van der Waals surface area contributed by atoms with E-state index in [9.17, 15) is 4.79 Å². The minimum atomic E-state index is -0.0357. The third-order valence-electron chi connectivity index (χ3n) is 4.18. The van der Waals surface area contributed by atoms with Gasteiger partial charge in [-0.15, -0.1) is 5.10 Å². The van der Waals surface area contributed by atoms with Gasteiger partial charge in [0.15, 0.2) is 0 Å². The van der Waals surface area contributed by atoms with Crippen molar-refractivity contribution < 1.29 is 4.79 Å². The molecule has 0 unspecified atom stereocenters. The highest BCUT2D eigenvalue weighted by Crippen LogP contribution is 2.41. The summed E-state index contributed by atoms with van der Waals surface area (Å²) in [6.07, 6.45) is 2.46. The molecule has 1 aliphatic carbocycles. The molecule has 0 bridgehead atoms. The molecule has 1 saturated carbocycles. The monoisotopic (exact) mass is 334 g/mol. The minimum Gasteiger partial charge on any atom is -0.365 e. The summed E-state index contributed by atoms with van der Waals surface area (Å²) in [6, 6.07) is 6.41. The number of amides is 1. The summed E-state index contributed by atoms with van der Waals surface area (Å²) in [7, 11) is 0. The molecule has 2 aromatic rings. The average Bonchev–Trinajstić information content (AvgIpc) is 3.26. The molecule has 0 N–H and O–H groups in total. The topological polar surface area (TPSA) is 49.3 Å². The number of anilines is 2. The Morgan fingerprint density at radius 3 is 2.82 bits per heavy atom. The van der Waals surface area contributed by atoms with Gasteiger partial charge in [0.05, 0.1) is 17.1 Å². The van der Waals surface area contributed by atoms with Gasteiger partial charge in [-0.05, 0) is 49.5 Å². The molecule has 5 nitrogen and oxygen atoms in total. The highest BCUT2D eigenvalue weighted by molar-refractivity contribution is 7.08. The standard InChI is InChI=1S/C15H15ClN4OS/c1-9-14(22-18-17-9)15(21)20-7-6-19(11-3-4-11)12-5-2-10(16)8-13(12)20/h2,5,8,11H,3-4,6-7H2,1H3. The third-order valence-corrected chi connectivity index (χ3v) is 5.23. The normalized spacial score (nSPS) is 17.5. The highest BCUT2D eigenvalue weighted by Gasteiger charge is 2.36. The van der Waals surface area contributed by atoms with Gasteiger partial charge in [-0.3, -0.25) is 4.79 Å². The molecule has 2 heterocycles. The Morgan fingerprint density at radius 1 is 1.32 bits per heavy atom. The first-order valence-corrected chi connectivity index (χ1v) is 8.47. The summed E-state index contributed by atoms with van der Waals surface area (Å²) >= 11 is 7.32. The van der Waals surface area contributed by atoms with E-state index in [4.69, 9.17) is 11.6 Å². The quantitative estimate of drug-likeness (QED) is 0.846. The van der Waals surface area contributed by atoms with Crippen molar-refractivity contribution in [2.24, 2.45) is 0 Å². The lowest BCUT2D eigenvalue weighted by Gasteiger charge is -2.38. The fourth-order valence-electron chi connectivity index (χ4n) is 2.93. The largest absolute Gasteiger partial charge is 0.365 e. The second-order valence-electron chi connectivity index (χ2n) is 5.70. The number of hydrogen-bond acceptors (Lipinski definition) is 5. The smallest absolute Gasteiger partial charge is 0.272 e. The van der Waals surface area contributed by atoms with Crippen LogP contribution in [0.5, 0.6) is 0 Å². The van der Waals surface area contributed by atoms with Crippen molar-refractivity contribution in [3.63, 3.8) is 0 Å². The van der Waals surface area contributed by atoms with E-state index >= 15 is 0 Å². The molecule has 0 radical (unpaired) electrons. The second-order valence-corrected chi connectivity index (χ2v) is 6.89. The molecular formula is C15H15ClN4OS. The SMILES string of the molecule is Cc1nnsc1C(=O)N1CCN(C2CC2)c2ccc(Cl)cc21. The summed E-state index contributed by atoms with van der Waals surface area (Å²) in [5.41, 5.74) is 2.67. The first kappa shape index (κ1) is 14.0. The van der Waals surface area contributed by atoms with Gasteiger partial charge in [0, 0.05) is 24.2 Å². The molecule has 22 heavy (non-hydrogen) atoms. The van der Waals surface area contributed by atoms with Crippen LogP contribution in [-0.2, 0) is 0 Å². The van der Waals surface area contributed by atoms with Gasteiger partial charge < -0.3 is 9.80 Å². The Labute approximate surface area is 137 Å². The summed E-state index contributed by atoms with van der Waals surface area (Å²) in [5, 5.41) is 4.59. The molecule has 1 fully saturated rings. The maximum absolute atomic E-state index is 12.8. The van der Waals surface area contributed by atoms with Gasteiger partial charge in [0.1, 0.15) is 4.88 Å². The molecule has 4 rings (SSSR count). The molecule has 1 aromatic heterocycles. The van der Waals surface area contributed by atoms with Crippen LogP contribution in [0.2, 0.25) is 5.02 Å². The van der Waals surface area contributed by atoms with Crippen molar-refractivity contribution >= 4 is 40.4 Å². The summed E-state index contributed by atoms with van der Waals surface area (Å²) < 4.78 is 3.87. The van der Waals surface area contributed by atoms with Crippen LogP contribution >= 0.6 is 23.1 Å². The van der Waals surface area contributed by atoms with Gasteiger partial charge in [-0.1, -0.05) is 16.1 Å². The molecule has 0 saturated heterocycles. The Bertz CT molecular complexity index is 743. The molecule has 0 spiro atoms. The number of fused-ring (bicyclic) bond motifs is 1. The second kappa shape index (κ2) is 5.21. The van der Waals surface area contributed by atoms with Crippen molar-refractivity contribution in [3.05, 3.63) is 33.8 Å². The van der Waals surface area contributed by atoms with E-state index in [-0.39, 0.29) is 5.91 Å². The average molecular weight is 335 g/mol. The van der Waals surface area contributed by atoms with Crippen molar-refractivity contribution in [3.8, 4) is 0 Å². The van der Waals surface area contributed by atoms with Crippen molar-refractivity contribution in [1.82, 2.24) is 9.59 Å². The Balaban J connectivity index is 1.75. The van der Waals surface area contributed by atoms with E-state index in [1.165, 1.54) is 12.8 Å². The Morgan fingerprint density at radius 2 is 2.14 bits per heavy atom.